The second kappa shape index (κ2) is 9.38. The number of nitrogen functional groups attached to an aromatic ring is 1. The molecular formula is C24H20F2N4O2S. The summed E-state index contributed by atoms with van der Waals surface area (Å²) in [5.74, 6) is -2.31. The lowest BCUT2D eigenvalue weighted by Gasteiger charge is -2.11. The van der Waals surface area contributed by atoms with Crippen LogP contribution in [-0.2, 0) is 17.4 Å². The number of ether oxygens (including phenoxy) is 1. The smallest absolute Gasteiger partial charge is 0.198 e. The summed E-state index contributed by atoms with van der Waals surface area (Å²) in [5, 5.41) is 9.40. The standard InChI is InChI=1S/C24H20F2N4O2S/c1-15-5-7-18(8-6-15)33(31)30-14-16(4-2-3-10-27)22-21(9-11-29-24(22)30)32-23-19(25)12-17(28)13-20(23)26/h5-9,11-14H,2-4,28H2,1H3. The molecule has 0 fully saturated rings. The van der Waals surface area contributed by atoms with Crippen molar-refractivity contribution in [3.8, 4) is 17.6 Å². The summed E-state index contributed by atoms with van der Waals surface area (Å²) >= 11 is 0. The van der Waals surface area contributed by atoms with Gasteiger partial charge in [0.25, 0.3) is 0 Å². The van der Waals surface area contributed by atoms with Crippen LogP contribution < -0.4 is 10.5 Å². The van der Waals surface area contributed by atoms with E-state index in [1.165, 1.54) is 16.2 Å². The highest BCUT2D eigenvalue weighted by Crippen LogP contribution is 2.36. The van der Waals surface area contributed by atoms with E-state index in [9.17, 15) is 13.0 Å². The van der Waals surface area contributed by atoms with Crippen LogP contribution >= 0.6 is 0 Å². The Bertz CT molecular complexity index is 1370. The van der Waals surface area contributed by atoms with Crippen LogP contribution in [0.5, 0.6) is 11.5 Å². The zero-order chi connectivity index (χ0) is 23.5. The fraction of sp³-hybridized carbons (Fsp3) is 0.167. The van der Waals surface area contributed by atoms with Gasteiger partial charge in [0, 0.05) is 36.6 Å². The van der Waals surface area contributed by atoms with Crippen molar-refractivity contribution >= 4 is 27.7 Å². The fourth-order valence-corrected chi connectivity index (χ4v) is 4.60. The average Bonchev–Trinajstić information content (AvgIpc) is 3.16. The Hall–Kier alpha value is -3.77. The van der Waals surface area contributed by atoms with Gasteiger partial charge in [0.2, 0.25) is 0 Å². The molecule has 9 heteroatoms. The van der Waals surface area contributed by atoms with Crippen molar-refractivity contribution in [1.29, 1.82) is 5.26 Å². The van der Waals surface area contributed by atoms with Crippen molar-refractivity contribution in [3.05, 3.63) is 77.6 Å². The summed E-state index contributed by atoms with van der Waals surface area (Å²) < 4.78 is 49.3. The molecule has 1 atom stereocenters. The average molecular weight is 467 g/mol. The number of nitrogens with zero attached hydrogens (tertiary/aromatic N) is 3. The first-order chi connectivity index (χ1) is 15.9. The predicted molar refractivity (Wildman–Crippen MR) is 122 cm³/mol. The fourth-order valence-electron chi connectivity index (χ4n) is 3.48. The van der Waals surface area contributed by atoms with Crippen molar-refractivity contribution in [3.63, 3.8) is 0 Å². The quantitative estimate of drug-likeness (QED) is 0.290. The topological polar surface area (TPSA) is 93.9 Å². The second-order valence-electron chi connectivity index (χ2n) is 7.48. The molecule has 168 valence electrons. The first kappa shape index (κ1) is 22.4. The highest BCUT2D eigenvalue weighted by Gasteiger charge is 2.21. The predicted octanol–water partition coefficient (Wildman–Crippen LogP) is 5.41. The zero-order valence-electron chi connectivity index (χ0n) is 17.7. The third kappa shape index (κ3) is 4.56. The van der Waals surface area contributed by atoms with E-state index in [1.807, 2.05) is 19.1 Å². The molecule has 0 saturated carbocycles. The van der Waals surface area contributed by atoms with Crippen molar-refractivity contribution < 1.29 is 17.7 Å². The summed E-state index contributed by atoms with van der Waals surface area (Å²) in [6, 6.07) is 12.8. The minimum absolute atomic E-state index is 0.0611. The molecule has 2 heterocycles. The van der Waals surface area contributed by atoms with Gasteiger partial charge in [0.1, 0.15) is 5.75 Å². The Morgan fingerprint density at radius 2 is 1.88 bits per heavy atom. The van der Waals surface area contributed by atoms with Gasteiger partial charge in [-0.25, -0.2) is 21.9 Å². The molecule has 0 radical (unpaired) electrons. The Morgan fingerprint density at radius 1 is 1.18 bits per heavy atom. The molecule has 0 spiro atoms. The molecule has 1 unspecified atom stereocenters. The second-order valence-corrected chi connectivity index (χ2v) is 8.84. The number of benzene rings is 2. The summed E-state index contributed by atoms with van der Waals surface area (Å²) in [6.45, 7) is 1.94. The lowest BCUT2D eigenvalue weighted by molar-refractivity contribution is 0.411. The number of nitrogens with two attached hydrogens (primary N) is 1. The Kier molecular flexibility index (Phi) is 6.38. The molecule has 6 nitrogen and oxygen atoms in total. The first-order valence-electron chi connectivity index (χ1n) is 10.2. The lowest BCUT2D eigenvalue weighted by atomic mass is 10.1. The van der Waals surface area contributed by atoms with E-state index in [0.29, 0.717) is 40.8 Å². The molecular weight excluding hydrogens is 446 g/mol. The van der Waals surface area contributed by atoms with E-state index in [4.69, 9.17) is 15.7 Å². The molecule has 0 aliphatic rings. The van der Waals surface area contributed by atoms with Gasteiger partial charge in [-0.3, -0.25) is 0 Å². The summed E-state index contributed by atoms with van der Waals surface area (Å²) in [7, 11) is -1.61. The maximum atomic E-state index is 14.4. The van der Waals surface area contributed by atoms with E-state index in [2.05, 4.69) is 11.1 Å². The number of anilines is 1. The molecule has 4 rings (SSSR count). The lowest BCUT2D eigenvalue weighted by Crippen LogP contribution is -2.04. The van der Waals surface area contributed by atoms with Crippen LogP contribution in [0.25, 0.3) is 11.0 Å². The molecule has 2 aromatic heterocycles. The normalized spacial score (nSPS) is 11.9. The maximum Gasteiger partial charge on any atom is 0.198 e. The molecule has 0 saturated heterocycles. The molecule has 2 aromatic carbocycles. The van der Waals surface area contributed by atoms with Gasteiger partial charge in [-0.2, -0.15) is 5.26 Å². The van der Waals surface area contributed by atoms with Crippen LogP contribution in [0.15, 0.2) is 59.8 Å². The zero-order valence-corrected chi connectivity index (χ0v) is 18.5. The van der Waals surface area contributed by atoms with Gasteiger partial charge in [-0.05, 0) is 43.5 Å². The van der Waals surface area contributed by atoms with Gasteiger partial charge in [0.05, 0.1) is 16.4 Å². The number of hydrogen-bond donors (Lipinski definition) is 1. The van der Waals surface area contributed by atoms with Crippen LogP contribution in [-0.4, -0.2) is 13.2 Å². The third-order valence-corrected chi connectivity index (χ3v) is 6.38. The Labute approximate surface area is 191 Å². The summed E-state index contributed by atoms with van der Waals surface area (Å²) in [6.07, 6.45) is 4.45. The van der Waals surface area contributed by atoms with Gasteiger partial charge < -0.3 is 10.5 Å². The van der Waals surface area contributed by atoms with Crippen LogP contribution in [0, 0.1) is 29.9 Å². The molecule has 0 amide bonds. The number of unbranched alkanes of at least 4 members (excludes halogenated alkanes) is 1. The van der Waals surface area contributed by atoms with Gasteiger partial charge >= 0.3 is 0 Å². The first-order valence-corrected chi connectivity index (χ1v) is 11.3. The largest absolute Gasteiger partial charge is 0.450 e. The highest BCUT2D eigenvalue weighted by molar-refractivity contribution is 7.83. The molecule has 0 aliphatic heterocycles. The van der Waals surface area contributed by atoms with Crippen molar-refractivity contribution in [2.75, 3.05) is 5.73 Å². The van der Waals surface area contributed by atoms with E-state index in [1.54, 1.807) is 18.3 Å². The number of aryl methyl sites for hydroxylation is 2. The van der Waals surface area contributed by atoms with E-state index < -0.39 is 28.4 Å². The molecule has 0 aliphatic carbocycles. The Balaban J connectivity index is 1.84. The number of fused-ring (bicyclic) bond motifs is 1. The number of hydrogen-bond acceptors (Lipinski definition) is 5. The van der Waals surface area contributed by atoms with Gasteiger partial charge in [-0.1, -0.05) is 17.7 Å². The third-order valence-electron chi connectivity index (χ3n) is 5.06. The van der Waals surface area contributed by atoms with E-state index in [0.717, 1.165) is 17.7 Å². The van der Waals surface area contributed by atoms with Crippen LogP contribution in [0.3, 0.4) is 0 Å². The van der Waals surface area contributed by atoms with Crippen LogP contribution in [0.1, 0.15) is 24.0 Å². The molecule has 4 aromatic rings. The minimum Gasteiger partial charge on any atom is -0.450 e. The summed E-state index contributed by atoms with van der Waals surface area (Å²) in [5.41, 5.74) is 7.52. The number of halogens is 2. The van der Waals surface area contributed by atoms with Crippen LogP contribution in [0.2, 0.25) is 0 Å². The van der Waals surface area contributed by atoms with Crippen molar-refractivity contribution in [2.24, 2.45) is 0 Å². The molecule has 0 bridgehead atoms. The van der Waals surface area contributed by atoms with Crippen LogP contribution in [0.4, 0.5) is 14.5 Å². The summed E-state index contributed by atoms with van der Waals surface area (Å²) in [4.78, 5) is 4.95. The number of nitriles is 1. The monoisotopic (exact) mass is 466 g/mol. The van der Waals surface area contributed by atoms with Crippen molar-refractivity contribution in [1.82, 2.24) is 8.96 Å². The Morgan fingerprint density at radius 3 is 2.55 bits per heavy atom. The van der Waals surface area contributed by atoms with E-state index >= 15 is 0 Å². The number of rotatable bonds is 7. The van der Waals surface area contributed by atoms with Crippen molar-refractivity contribution in [2.45, 2.75) is 31.1 Å². The van der Waals surface area contributed by atoms with Gasteiger partial charge in [-0.15, -0.1) is 0 Å². The van der Waals surface area contributed by atoms with Gasteiger partial charge in [0.15, 0.2) is 34.0 Å². The maximum absolute atomic E-state index is 14.4. The SMILES string of the molecule is Cc1ccc(S(=O)n2cc(CCCC#N)c3c(Oc4c(F)cc(N)cc4F)ccnc32)cc1. The molecule has 2 N–H and O–H groups in total. The van der Waals surface area contributed by atoms with E-state index in [-0.39, 0.29) is 11.4 Å². The number of aromatic nitrogens is 2. The number of pyridine rings is 1. The molecule has 33 heavy (non-hydrogen) atoms. The minimum atomic E-state index is -1.61. The highest BCUT2D eigenvalue weighted by atomic mass is 32.2.